The van der Waals surface area contributed by atoms with Crippen molar-refractivity contribution in [3.8, 4) is 0 Å². The average molecular weight is 208 g/mol. The second-order valence-electron chi connectivity index (χ2n) is 3.75. The van der Waals surface area contributed by atoms with Crippen LogP contribution in [0.25, 0.3) is 0 Å². The number of hydrogen-bond donors (Lipinski definition) is 0. The van der Waals surface area contributed by atoms with Gasteiger partial charge in [-0.15, -0.1) is 13.2 Å². The van der Waals surface area contributed by atoms with Gasteiger partial charge in [-0.1, -0.05) is 32.1 Å². The third kappa shape index (κ3) is 4.15. The van der Waals surface area contributed by atoms with Gasteiger partial charge in [0.2, 0.25) is 0 Å². The van der Waals surface area contributed by atoms with Crippen LogP contribution in [0, 0.1) is 5.41 Å². The second-order valence-corrected chi connectivity index (χ2v) is 3.75. The van der Waals surface area contributed by atoms with E-state index in [1.54, 1.807) is 19.1 Å². The van der Waals surface area contributed by atoms with Crippen LogP contribution in [-0.4, -0.2) is 12.6 Å². The first-order chi connectivity index (χ1) is 7.01. The van der Waals surface area contributed by atoms with Crippen LogP contribution in [0.5, 0.6) is 0 Å². The van der Waals surface area contributed by atoms with E-state index in [4.69, 9.17) is 4.74 Å². The summed E-state index contributed by atoms with van der Waals surface area (Å²) < 4.78 is 5.12. The molecule has 0 aromatic rings. The molecule has 0 heterocycles. The van der Waals surface area contributed by atoms with Crippen LogP contribution in [0.1, 0.15) is 26.7 Å². The Balaban J connectivity index is 4.42. The first-order valence-corrected chi connectivity index (χ1v) is 5.11. The van der Waals surface area contributed by atoms with Gasteiger partial charge in [-0.2, -0.15) is 0 Å². The van der Waals surface area contributed by atoms with Crippen molar-refractivity contribution in [1.82, 2.24) is 0 Å². The molecule has 0 atom stereocenters. The van der Waals surface area contributed by atoms with Gasteiger partial charge in [-0.25, -0.2) is 4.79 Å². The largest absolute Gasteiger partial charge is 0.461 e. The number of carbonyl (C=O) groups excluding carboxylic acids is 1. The van der Waals surface area contributed by atoms with Crippen LogP contribution in [0.15, 0.2) is 37.5 Å². The topological polar surface area (TPSA) is 26.3 Å². The molecule has 0 fully saturated rings. The van der Waals surface area contributed by atoms with Crippen molar-refractivity contribution >= 4 is 5.97 Å². The normalized spacial score (nSPS) is 10.5. The van der Waals surface area contributed by atoms with E-state index in [-0.39, 0.29) is 11.4 Å². The molecule has 0 radical (unpaired) electrons. The highest BCUT2D eigenvalue weighted by Gasteiger charge is 2.23. The van der Waals surface area contributed by atoms with Gasteiger partial charge in [-0.3, -0.25) is 0 Å². The Hall–Kier alpha value is -1.31. The highest BCUT2D eigenvalue weighted by molar-refractivity contribution is 5.86. The molecule has 0 amide bonds. The standard InChI is InChI=1S/C13H20O2/c1-6-9-13(7-2,8-3)10-15-12(14)11(4)5/h7-8H,2-4,6,9-10H2,1,5H3. The maximum absolute atomic E-state index is 11.2. The van der Waals surface area contributed by atoms with Crippen molar-refractivity contribution in [3.05, 3.63) is 37.5 Å². The molecule has 0 aliphatic heterocycles. The Labute approximate surface area is 92.3 Å². The minimum absolute atomic E-state index is 0.291. The van der Waals surface area contributed by atoms with E-state index >= 15 is 0 Å². The minimum Gasteiger partial charge on any atom is -0.461 e. The quantitative estimate of drug-likeness (QED) is 0.364. The number of esters is 1. The first kappa shape index (κ1) is 13.7. The lowest BCUT2D eigenvalue weighted by atomic mass is 9.84. The summed E-state index contributed by atoms with van der Waals surface area (Å²) >= 11 is 0. The van der Waals surface area contributed by atoms with Crippen LogP contribution in [-0.2, 0) is 9.53 Å². The average Bonchev–Trinajstić information content (AvgIpc) is 2.23. The summed E-state index contributed by atoms with van der Waals surface area (Å²) in [5.74, 6) is -0.362. The van der Waals surface area contributed by atoms with Crippen molar-refractivity contribution < 1.29 is 9.53 Å². The third-order valence-electron chi connectivity index (χ3n) is 2.35. The molecule has 0 spiro atoms. The Bertz CT molecular complexity index is 256. The lowest BCUT2D eigenvalue weighted by Crippen LogP contribution is -2.24. The van der Waals surface area contributed by atoms with Gasteiger partial charge >= 0.3 is 5.97 Å². The molecule has 84 valence electrons. The van der Waals surface area contributed by atoms with Crippen LogP contribution < -0.4 is 0 Å². The van der Waals surface area contributed by atoms with Crippen molar-refractivity contribution in [2.24, 2.45) is 5.41 Å². The predicted molar refractivity (Wildman–Crippen MR) is 63.5 cm³/mol. The van der Waals surface area contributed by atoms with E-state index in [1.807, 2.05) is 0 Å². The van der Waals surface area contributed by atoms with E-state index in [2.05, 4.69) is 26.7 Å². The van der Waals surface area contributed by atoms with Gasteiger partial charge in [0.25, 0.3) is 0 Å². The molecule has 0 saturated carbocycles. The molecule has 15 heavy (non-hydrogen) atoms. The molecule has 2 heteroatoms. The van der Waals surface area contributed by atoms with Crippen LogP contribution in [0.4, 0.5) is 0 Å². The highest BCUT2D eigenvalue weighted by atomic mass is 16.5. The lowest BCUT2D eigenvalue weighted by molar-refractivity contribution is -0.140. The molecule has 2 nitrogen and oxygen atoms in total. The van der Waals surface area contributed by atoms with Crippen molar-refractivity contribution in [3.63, 3.8) is 0 Å². The van der Waals surface area contributed by atoms with Crippen LogP contribution >= 0.6 is 0 Å². The van der Waals surface area contributed by atoms with Gasteiger partial charge in [0, 0.05) is 11.0 Å². The van der Waals surface area contributed by atoms with E-state index < -0.39 is 0 Å². The first-order valence-electron chi connectivity index (χ1n) is 5.11. The number of carbonyl (C=O) groups is 1. The van der Waals surface area contributed by atoms with E-state index in [0.717, 1.165) is 12.8 Å². The van der Waals surface area contributed by atoms with E-state index in [1.165, 1.54) is 0 Å². The number of ether oxygens (including phenoxy) is 1. The predicted octanol–water partition coefficient (Wildman–Crippen LogP) is 3.26. The van der Waals surface area contributed by atoms with Crippen molar-refractivity contribution in [2.45, 2.75) is 26.7 Å². The number of hydrogen-bond acceptors (Lipinski definition) is 2. The summed E-state index contributed by atoms with van der Waals surface area (Å²) in [5.41, 5.74) is 0.105. The summed E-state index contributed by atoms with van der Waals surface area (Å²) in [7, 11) is 0. The second kappa shape index (κ2) is 6.23. The van der Waals surface area contributed by atoms with Crippen LogP contribution in [0.3, 0.4) is 0 Å². The zero-order chi connectivity index (χ0) is 11.9. The molecular formula is C13H20O2. The van der Waals surface area contributed by atoms with Gasteiger partial charge in [0.15, 0.2) is 0 Å². The lowest BCUT2D eigenvalue weighted by Gasteiger charge is -2.25. The van der Waals surface area contributed by atoms with Crippen LogP contribution in [0.2, 0.25) is 0 Å². The summed E-state index contributed by atoms with van der Waals surface area (Å²) in [6, 6.07) is 0. The molecule has 0 aromatic carbocycles. The molecule has 0 rings (SSSR count). The summed E-state index contributed by atoms with van der Waals surface area (Å²) in [4.78, 5) is 11.2. The minimum atomic E-state index is -0.362. The summed E-state index contributed by atoms with van der Waals surface area (Å²) in [6.07, 6.45) is 5.44. The molecule has 0 aliphatic rings. The van der Waals surface area contributed by atoms with Crippen molar-refractivity contribution in [1.29, 1.82) is 0 Å². The fraction of sp³-hybridized carbons (Fsp3) is 0.462. The fourth-order valence-corrected chi connectivity index (χ4v) is 1.27. The van der Waals surface area contributed by atoms with Gasteiger partial charge < -0.3 is 4.74 Å². The molecule has 0 unspecified atom stereocenters. The van der Waals surface area contributed by atoms with E-state index in [9.17, 15) is 4.79 Å². The van der Waals surface area contributed by atoms with Crippen molar-refractivity contribution in [2.75, 3.05) is 6.61 Å². The smallest absolute Gasteiger partial charge is 0.333 e. The zero-order valence-corrected chi connectivity index (χ0v) is 9.71. The van der Waals surface area contributed by atoms with Gasteiger partial charge in [0.1, 0.15) is 6.61 Å². The maximum Gasteiger partial charge on any atom is 0.333 e. The van der Waals surface area contributed by atoms with E-state index in [0.29, 0.717) is 12.2 Å². The summed E-state index contributed by atoms with van der Waals surface area (Å²) in [5, 5.41) is 0. The molecular weight excluding hydrogens is 188 g/mol. The maximum atomic E-state index is 11.2. The van der Waals surface area contributed by atoms with Gasteiger partial charge in [-0.05, 0) is 13.3 Å². The van der Waals surface area contributed by atoms with Gasteiger partial charge in [0.05, 0.1) is 0 Å². The molecule has 0 N–H and O–H groups in total. The fourth-order valence-electron chi connectivity index (χ4n) is 1.27. The molecule has 0 aromatic heterocycles. The SMILES string of the molecule is C=CC(C=C)(CCC)COC(=O)C(=C)C. The highest BCUT2D eigenvalue weighted by Crippen LogP contribution is 2.27. The molecule has 0 aliphatic carbocycles. The Morgan fingerprint density at radius 2 is 1.93 bits per heavy atom. The monoisotopic (exact) mass is 208 g/mol. The molecule has 0 saturated heterocycles. The third-order valence-corrected chi connectivity index (χ3v) is 2.35. The Morgan fingerprint density at radius 3 is 2.27 bits per heavy atom. The zero-order valence-electron chi connectivity index (χ0n) is 9.71. The molecule has 0 bridgehead atoms. The number of rotatable bonds is 7. The summed E-state index contributed by atoms with van der Waals surface area (Å²) in [6.45, 7) is 15.0. The Kier molecular flexibility index (Phi) is 5.68. The Morgan fingerprint density at radius 1 is 1.40 bits per heavy atom.